The van der Waals surface area contributed by atoms with Crippen LogP contribution in [0, 0.1) is 5.92 Å². The van der Waals surface area contributed by atoms with Crippen molar-refractivity contribution in [3.05, 3.63) is 12.5 Å². The Labute approximate surface area is 167 Å². The number of hydrogen-bond acceptors (Lipinski definition) is 6. The van der Waals surface area contributed by atoms with Crippen molar-refractivity contribution in [3.63, 3.8) is 0 Å². The summed E-state index contributed by atoms with van der Waals surface area (Å²) in [6, 6.07) is 0. The Bertz CT molecular complexity index is 821. The van der Waals surface area contributed by atoms with Crippen LogP contribution in [0.1, 0.15) is 12.8 Å². The van der Waals surface area contributed by atoms with Crippen LogP contribution in [0.25, 0.3) is 0 Å². The van der Waals surface area contributed by atoms with Gasteiger partial charge in [0.25, 0.3) is 10.0 Å². The van der Waals surface area contributed by atoms with Gasteiger partial charge in [-0.2, -0.15) is 17.5 Å². The van der Waals surface area contributed by atoms with E-state index in [0.29, 0.717) is 19.0 Å². The number of sulfonamides is 1. The predicted octanol–water partition coefficient (Wildman–Crippen LogP) is 0.785. The standard InChI is InChI=1S/C14H24N4O3S.C2HF3O2/c1-16-7-13(15-11-16)22(19,20)18-9-14(10-18)6-12(8-21-3)4-5-17(14)2;3-2(4,5)1(6)7/h7,11-12H,4-6,8-10H2,1-3H3;(H,6,7). The molecule has 1 N–H and O–H groups in total. The number of likely N-dealkylation sites (tertiary alicyclic amines) is 1. The Kier molecular flexibility index (Phi) is 6.97. The molecule has 1 aromatic heterocycles. The lowest BCUT2D eigenvalue weighted by molar-refractivity contribution is -0.192. The summed E-state index contributed by atoms with van der Waals surface area (Å²) in [5.41, 5.74) is -0.0384. The molecule has 0 radical (unpaired) electrons. The fourth-order valence-corrected chi connectivity index (χ4v) is 5.16. The lowest BCUT2D eigenvalue weighted by Crippen LogP contribution is -2.72. The second-order valence-electron chi connectivity index (χ2n) is 7.41. The number of piperidine rings is 1. The third kappa shape index (κ3) is 5.27. The molecule has 0 saturated carbocycles. The SMILES string of the molecule is COCC1CCN(C)C2(C1)CN(S(=O)(=O)c1cn(C)cn1)C2.O=C(O)C(F)(F)F. The van der Waals surface area contributed by atoms with Crippen molar-refractivity contribution in [2.75, 3.05) is 40.4 Å². The summed E-state index contributed by atoms with van der Waals surface area (Å²) in [5, 5.41) is 7.26. The van der Waals surface area contributed by atoms with E-state index in [1.165, 1.54) is 6.33 Å². The van der Waals surface area contributed by atoms with Crippen LogP contribution in [0.2, 0.25) is 0 Å². The number of halogens is 3. The van der Waals surface area contributed by atoms with Gasteiger partial charge in [0.2, 0.25) is 0 Å². The normalized spacial score (nSPS) is 22.6. The molecule has 29 heavy (non-hydrogen) atoms. The predicted molar refractivity (Wildman–Crippen MR) is 95.6 cm³/mol. The average Bonchev–Trinajstić information content (AvgIpc) is 3.02. The second kappa shape index (κ2) is 8.58. The maximum atomic E-state index is 12.6. The Hall–Kier alpha value is -1.70. The van der Waals surface area contributed by atoms with Gasteiger partial charge in [-0.05, 0) is 32.4 Å². The maximum absolute atomic E-state index is 12.6. The Morgan fingerprint density at radius 2 is 1.97 bits per heavy atom. The largest absolute Gasteiger partial charge is 0.490 e. The molecule has 13 heteroatoms. The fourth-order valence-electron chi connectivity index (χ4n) is 3.59. The lowest BCUT2D eigenvalue weighted by atomic mass is 9.77. The highest BCUT2D eigenvalue weighted by Crippen LogP contribution is 2.40. The van der Waals surface area contributed by atoms with Crippen LogP contribution in [0.3, 0.4) is 0 Å². The van der Waals surface area contributed by atoms with Crippen molar-refractivity contribution < 1.29 is 36.2 Å². The molecule has 2 aliphatic rings. The summed E-state index contributed by atoms with van der Waals surface area (Å²) in [6.07, 6.45) is 0.0904. The zero-order chi connectivity index (χ0) is 22.0. The molecule has 1 atom stereocenters. The molecule has 1 spiro atoms. The smallest absolute Gasteiger partial charge is 0.475 e. The van der Waals surface area contributed by atoms with Crippen LogP contribution in [0.15, 0.2) is 17.6 Å². The van der Waals surface area contributed by atoms with E-state index in [-0.39, 0.29) is 10.6 Å². The molecule has 0 amide bonds. The zero-order valence-corrected chi connectivity index (χ0v) is 17.2. The third-order valence-electron chi connectivity index (χ3n) is 5.22. The van der Waals surface area contributed by atoms with Crippen LogP contribution in [0.5, 0.6) is 0 Å². The molecule has 2 fully saturated rings. The molecule has 0 aliphatic carbocycles. The van der Waals surface area contributed by atoms with Crippen molar-refractivity contribution in [3.8, 4) is 0 Å². The number of imidazole rings is 1. The third-order valence-corrected chi connectivity index (χ3v) is 6.90. The summed E-state index contributed by atoms with van der Waals surface area (Å²) in [6.45, 7) is 2.83. The summed E-state index contributed by atoms with van der Waals surface area (Å²) in [4.78, 5) is 15.2. The van der Waals surface area contributed by atoms with Crippen molar-refractivity contribution in [2.24, 2.45) is 13.0 Å². The van der Waals surface area contributed by atoms with Gasteiger partial charge in [0.1, 0.15) is 0 Å². The van der Waals surface area contributed by atoms with Gasteiger partial charge in [-0.1, -0.05) is 0 Å². The molecular formula is C16H25F3N4O5S. The molecule has 1 unspecified atom stereocenters. The summed E-state index contributed by atoms with van der Waals surface area (Å²) >= 11 is 0. The molecule has 2 saturated heterocycles. The number of alkyl halides is 3. The Balaban J connectivity index is 0.000000370. The number of ether oxygens (including phenoxy) is 1. The average molecular weight is 442 g/mol. The van der Waals surface area contributed by atoms with Gasteiger partial charge in [0.15, 0.2) is 5.03 Å². The molecule has 0 bridgehead atoms. The first-order valence-electron chi connectivity index (χ1n) is 8.80. The molecule has 1 aromatic rings. The number of rotatable bonds is 4. The van der Waals surface area contributed by atoms with Crippen LogP contribution in [-0.2, 0) is 26.6 Å². The van der Waals surface area contributed by atoms with Gasteiger partial charge >= 0.3 is 12.1 Å². The van der Waals surface area contributed by atoms with E-state index in [4.69, 9.17) is 14.6 Å². The molecule has 9 nitrogen and oxygen atoms in total. The molecule has 166 valence electrons. The van der Waals surface area contributed by atoms with E-state index < -0.39 is 22.2 Å². The first kappa shape index (κ1) is 23.6. The Morgan fingerprint density at radius 3 is 2.41 bits per heavy atom. The maximum Gasteiger partial charge on any atom is 0.490 e. The highest BCUT2D eigenvalue weighted by molar-refractivity contribution is 7.89. The quantitative estimate of drug-likeness (QED) is 0.735. The van der Waals surface area contributed by atoms with Crippen molar-refractivity contribution in [2.45, 2.75) is 29.6 Å². The number of carboxylic acid groups (broad SMARTS) is 1. The lowest BCUT2D eigenvalue weighted by Gasteiger charge is -2.57. The van der Waals surface area contributed by atoms with Crippen molar-refractivity contribution >= 4 is 16.0 Å². The number of likely N-dealkylation sites (N-methyl/N-ethyl adjacent to an activating group) is 1. The minimum Gasteiger partial charge on any atom is -0.475 e. The minimum atomic E-state index is -5.08. The number of nitrogens with zero attached hydrogens (tertiary/aromatic N) is 4. The fraction of sp³-hybridized carbons (Fsp3) is 0.750. The van der Waals surface area contributed by atoms with E-state index in [1.54, 1.807) is 29.2 Å². The highest BCUT2D eigenvalue weighted by atomic mass is 32.2. The van der Waals surface area contributed by atoms with Crippen LogP contribution in [0.4, 0.5) is 13.2 Å². The number of aromatic nitrogens is 2. The van der Waals surface area contributed by atoms with Gasteiger partial charge in [-0.25, -0.2) is 18.2 Å². The van der Waals surface area contributed by atoms with Crippen LogP contribution >= 0.6 is 0 Å². The molecule has 2 aliphatic heterocycles. The zero-order valence-electron chi connectivity index (χ0n) is 16.4. The topological polar surface area (TPSA) is 105 Å². The number of hydrogen-bond donors (Lipinski definition) is 1. The Morgan fingerprint density at radius 1 is 1.38 bits per heavy atom. The van der Waals surface area contributed by atoms with Gasteiger partial charge in [-0.3, -0.25) is 4.90 Å². The van der Waals surface area contributed by atoms with Gasteiger partial charge in [-0.15, -0.1) is 0 Å². The minimum absolute atomic E-state index is 0.0384. The second-order valence-corrected chi connectivity index (χ2v) is 9.30. The number of aliphatic carboxylic acids is 1. The molecule has 0 aromatic carbocycles. The van der Waals surface area contributed by atoms with Crippen LogP contribution < -0.4 is 0 Å². The molecule has 3 heterocycles. The molecular weight excluding hydrogens is 417 g/mol. The van der Waals surface area contributed by atoms with E-state index >= 15 is 0 Å². The van der Waals surface area contributed by atoms with Gasteiger partial charge in [0.05, 0.1) is 6.33 Å². The monoisotopic (exact) mass is 442 g/mol. The van der Waals surface area contributed by atoms with E-state index in [0.717, 1.165) is 26.0 Å². The summed E-state index contributed by atoms with van der Waals surface area (Å²) in [7, 11) is 2.12. The number of aryl methyl sites for hydroxylation is 1. The van der Waals surface area contributed by atoms with Crippen molar-refractivity contribution in [1.29, 1.82) is 0 Å². The van der Waals surface area contributed by atoms with E-state index in [9.17, 15) is 21.6 Å². The summed E-state index contributed by atoms with van der Waals surface area (Å²) in [5.74, 6) is -2.24. The van der Waals surface area contributed by atoms with E-state index in [1.807, 2.05) is 0 Å². The number of carboxylic acids is 1. The first-order valence-corrected chi connectivity index (χ1v) is 10.2. The first-order chi connectivity index (χ1) is 13.3. The highest BCUT2D eigenvalue weighted by Gasteiger charge is 2.53. The van der Waals surface area contributed by atoms with Gasteiger partial charge < -0.3 is 14.4 Å². The number of methoxy groups -OCH3 is 1. The summed E-state index contributed by atoms with van der Waals surface area (Å²) < 4.78 is 65.4. The van der Waals surface area contributed by atoms with Gasteiger partial charge in [0, 0.05) is 45.6 Å². The number of carbonyl (C=O) groups is 1. The molecule has 3 rings (SSSR count). The van der Waals surface area contributed by atoms with Crippen molar-refractivity contribution in [1.82, 2.24) is 18.8 Å². The van der Waals surface area contributed by atoms with Crippen LogP contribution in [-0.4, -0.2) is 90.4 Å². The van der Waals surface area contributed by atoms with E-state index in [2.05, 4.69) is 16.9 Å².